The smallest absolute Gasteiger partial charge is 0.125 e. The molecule has 1 aliphatic carbocycles. The Balaban J connectivity index is 1.85. The zero-order valence-corrected chi connectivity index (χ0v) is 11.2. The summed E-state index contributed by atoms with van der Waals surface area (Å²) in [6.07, 6.45) is 2.14. The molecule has 1 heterocycles. The second kappa shape index (κ2) is 4.32. The molecular weight excluding hydrogens is 251 g/mol. The van der Waals surface area contributed by atoms with E-state index in [-0.39, 0.29) is 11.9 Å². The van der Waals surface area contributed by atoms with Crippen LogP contribution in [-0.4, -0.2) is 6.54 Å². The molecule has 0 saturated heterocycles. The molecule has 0 fully saturated rings. The fourth-order valence-electron chi connectivity index (χ4n) is 3.71. The highest BCUT2D eigenvalue weighted by Crippen LogP contribution is 2.50. The van der Waals surface area contributed by atoms with Crippen molar-refractivity contribution in [1.82, 2.24) is 0 Å². The Morgan fingerprint density at radius 3 is 2.85 bits per heavy atom. The van der Waals surface area contributed by atoms with E-state index in [1.165, 1.54) is 22.9 Å². The monoisotopic (exact) mass is 268 g/mol. The average molecular weight is 268 g/mol. The molecule has 2 nitrogen and oxygen atoms in total. The van der Waals surface area contributed by atoms with Crippen LogP contribution in [0.15, 0.2) is 42.5 Å². The van der Waals surface area contributed by atoms with Gasteiger partial charge in [-0.05, 0) is 54.2 Å². The van der Waals surface area contributed by atoms with Gasteiger partial charge in [0, 0.05) is 24.0 Å². The van der Waals surface area contributed by atoms with Crippen molar-refractivity contribution in [3.63, 3.8) is 0 Å². The molecule has 2 unspecified atom stereocenters. The summed E-state index contributed by atoms with van der Waals surface area (Å²) >= 11 is 0. The van der Waals surface area contributed by atoms with Gasteiger partial charge in [-0.1, -0.05) is 18.2 Å². The summed E-state index contributed by atoms with van der Waals surface area (Å²) in [5.41, 5.74) is 11.0. The molecule has 0 aromatic heterocycles. The fourth-order valence-corrected chi connectivity index (χ4v) is 3.71. The molecule has 0 saturated carbocycles. The number of hydrogen-bond donors (Lipinski definition) is 1. The molecule has 20 heavy (non-hydrogen) atoms. The minimum Gasteiger partial charge on any atom is -0.341 e. The molecule has 2 aromatic rings. The minimum absolute atomic E-state index is 0.155. The molecule has 2 aliphatic rings. The van der Waals surface area contributed by atoms with Gasteiger partial charge >= 0.3 is 0 Å². The molecule has 0 amide bonds. The summed E-state index contributed by atoms with van der Waals surface area (Å²) in [4.78, 5) is 2.22. The van der Waals surface area contributed by atoms with Gasteiger partial charge in [-0.25, -0.2) is 4.39 Å². The quantitative estimate of drug-likeness (QED) is 0.851. The fraction of sp³-hybridized carbons (Fsp3) is 0.294. The maximum absolute atomic E-state index is 13.5. The SMILES string of the molecule is NC1CC2CCN(c3cccc(F)c3)c3cccc1c32. The van der Waals surface area contributed by atoms with Gasteiger partial charge in [0.2, 0.25) is 0 Å². The molecule has 1 aliphatic heterocycles. The normalized spacial score (nSPS) is 23.8. The molecule has 0 bridgehead atoms. The highest BCUT2D eigenvalue weighted by Gasteiger charge is 2.35. The van der Waals surface area contributed by atoms with E-state index in [4.69, 9.17) is 5.73 Å². The Labute approximate surface area is 118 Å². The van der Waals surface area contributed by atoms with Crippen LogP contribution < -0.4 is 10.6 Å². The number of nitrogens with zero attached hydrogens (tertiary/aromatic N) is 1. The van der Waals surface area contributed by atoms with Crippen LogP contribution in [0.3, 0.4) is 0 Å². The van der Waals surface area contributed by atoms with E-state index in [0.717, 1.165) is 25.1 Å². The van der Waals surface area contributed by atoms with Gasteiger partial charge in [0.15, 0.2) is 0 Å². The van der Waals surface area contributed by atoms with Gasteiger partial charge < -0.3 is 10.6 Å². The van der Waals surface area contributed by atoms with Crippen LogP contribution in [0, 0.1) is 5.82 Å². The van der Waals surface area contributed by atoms with E-state index in [9.17, 15) is 4.39 Å². The first-order chi connectivity index (χ1) is 9.74. The lowest BCUT2D eigenvalue weighted by Gasteiger charge is -2.34. The third-order valence-corrected chi connectivity index (χ3v) is 4.57. The average Bonchev–Trinajstić information content (AvgIpc) is 2.78. The van der Waals surface area contributed by atoms with E-state index >= 15 is 0 Å². The Morgan fingerprint density at radius 1 is 1.15 bits per heavy atom. The standard InChI is InChI=1S/C17H17FN2/c18-12-3-1-4-13(10-12)20-8-7-11-9-15(19)14-5-2-6-16(20)17(11)14/h1-6,10-11,15H,7-9,19H2. The van der Waals surface area contributed by atoms with E-state index in [2.05, 4.69) is 23.1 Å². The third-order valence-electron chi connectivity index (χ3n) is 4.57. The number of halogens is 1. The predicted molar refractivity (Wildman–Crippen MR) is 78.8 cm³/mol. The van der Waals surface area contributed by atoms with Crippen LogP contribution in [0.25, 0.3) is 0 Å². The highest BCUT2D eigenvalue weighted by molar-refractivity contribution is 5.71. The van der Waals surface area contributed by atoms with Gasteiger partial charge in [0.05, 0.1) is 0 Å². The Bertz CT molecular complexity index is 668. The second-order valence-electron chi connectivity index (χ2n) is 5.74. The van der Waals surface area contributed by atoms with E-state index in [1.54, 1.807) is 12.1 Å². The lowest BCUT2D eigenvalue weighted by atomic mass is 9.91. The first-order valence-electron chi connectivity index (χ1n) is 7.15. The van der Waals surface area contributed by atoms with Crippen LogP contribution >= 0.6 is 0 Å². The summed E-state index contributed by atoms with van der Waals surface area (Å²) in [7, 11) is 0. The van der Waals surface area contributed by atoms with Crippen molar-refractivity contribution in [2.75, 3.05) is 11.4 Å². The van der Waals surface area contributed by atoms with Crippen LogP contribution in [0.1, 0.15) is 35.9 Å². The van der Waals surface area contributed by atoms with Crippen molar-refractivity contribution in [1.29, 1.82) is 0 Å². The van der Waals surface area contributed by atoms with Gasteiger partial charge in [-0.2, -0.15) is 0 Å². The molecule has 2 atom stereocenters. The summed E-state index contributed by atoms with van der Waals surface area (Å²) in [5, 5.41) is 0. The topological polar surface area (TPSA) is 29.3 Å². The van der Waals surface area contributed by atoms with Crippen molar-refractivity contribution in [2.24, 2.45) is 5.73 Å². The predicted octanol–water partition coefficient (Wildman–Crippen LogP) is 3.85. The zero-order chi connectivity index (χ0) is 13.7. The maximum Gasteiger partial charge on any atom is 0.125 e. The number of rotatable bonds is 1. The van der Waals surface area contributed by atoms with Crippen LogP contribution in [0.5, 0.6) is 0 Å². The molecule has 2 N–H and O–H groups in total. The van der Waals surface area contributed by atoms with Crippen LogP contribution in [-0.2, 0) is 0 Å². The largest absolute Gasteiger partial charge is 0.341 e. The van der Waals surface area contributed by atoms with E-state index in [0.29, 0.717) is 5.92 Å². The number of anilines is 2. The summed E-state index contributed by atoms with van der Waals surface area (Å²) < 4.78 is 13.5. The van der Waals surface area contributed by atoms with Gasteiger partial charge in [0.1, 0.15) is 5.82 Å². The Hall–Kier alpha value is -1.87. The summed E-state index contributed by atoms with van der Waals surface area (Å²) in [6.45, 7) is 0.928. The van der Waals surface area contributed by atoms with Gasteiger partial charge in [0.25, 0.3) is 0 Å². The van der Waals surface area contributed by atoms with Crippen LogP contribution in [0.2, 0.25) is 0 Å². The van der Waals surface area contributed by atoms with Crippen molar-refractivity contribution in [3.8, 4) is 0 Å². The lowest BCUT2D eigenvalue weighted by Crippen LogP contribution is -2.26. The molecule has 0 spiro atoms. The van der Waals surface area contributed by atoms with Crippen molar-refractivity contribution in [2.45, 2.75) is 24.8 Å². The van der Waals surface area contributed by atoms with Crippen molar-refractivity contribution >= 4 is 11.4 Å². The molecule has 3 heteroatoms. The van der Waals surface area contributed by atoms with Crippen LogP contribution in [0.4, 0.5) is 15.8 Å². The molecular formula is C17H17FN2. The lowest BCUT2D eigenvalue weighted by molar-refractivity contribution is 0.556. The third kappa shape index (κ3) is 1.66. The minimum atomic E-state index is -0.186. The Kier molecular flexibility index (Phi) is 2.57. The number of benzene rings is 2. The summed E-state index contributed by atoms with van der Waals surface area (Å²) in [6, 6.07) is 13.3. The van der Waals surface area contributed by atoms with Crippen molar-refractivity contribution < 1.29 is 4.39 Å². The molecule has 2 aromatic carbocycles. The Morgan fingerprint density at radius 2 is 2.00 bits per heavy atom. The zero-order valence-electron chi connectivity index (χ0n) is 11.2. The summed E-state index contributed by atoms with van der Waals surface area (Å²) in [5.74, 6) is 0.384. The number of nitrogens with two attached hydrogens (primary N) is 1. The van der Waals surface area contributed by atoms with Gasteiger partial charge in [-0.3, -0.25) is 0 Å². The first-order valence-corrected chi connectivity index (χ1v) is 7.15. The molecule has 102 valence electrons. The van der Waals surface area contributed by atoms with E-state index in [1.807, 2.05) is 6.07 Å². The molecule has 0 radical (unpaired) electrons. The van der Waals surface area contributed by atoms with Crippen molar-refractivity contribution in [3.05, 3.63) is 59.4 Å². The molecule has 4 rings (SSSR count). The van der Waals surface area contributed by atoms with E-state index < -0.39 is 0 Å². The maximum atomic E-state index is 13.5. The van der Waals surface area contributed by atoms with Gasteiger partial charge in [-0.15, -0.1) is 0 Å². The highest BCUT2D eigenvalue weighted by atomic mass is 19.1. The number of hydrogen-bond acceptors (Lipinski definition) is 2. The second-order valence-corrected chi connectivity index (χ2v) is 5.74. The first kappa shape index (κ1) is 11.9.